The first-order valence-corrected chi connectivity index (χ1v) is 7.55. The largest absolute Gasteiger partial charge is 0.309 e. The monoisotopic (exact) mass is 235 g/mol. The quantitative estimate of drug-likeness (QED) is 0.837. The lowest BCUT2D eigenvalue weighted by Gasteiger charge is -2.29. The van der Waals surface area contributed by atoms with Crippen molar-refractivity contribution < 1.29 is 0 Å². The van der Waals surface area contributed by atoms with E-state index in [0.29, 0.717) is 0 Å². The van der Waals surface area contributed by atoms with Crippen molar-refractivity contribution >= 4 is 11.3 Å². The van der Waals surface area contributed by atoms with E-state index in [-0.39, 0.29) is 0 Å². The van der Waals surface area contributed by atoms with Crippen molar-refractivity contribution in [1.29, 1.82) is 0 Å². The minimum atomic E-state index is 0.793. The summed E-state index contributed by atoms with van der Waals surface area (Å²) in [5, 5.41) is 5.92. The minimum absolute atomic E-state index is 0.793. The van der Waals surface area contributed by atoms with Crippen molar-refractivity contribution in [1.82, 2.24) is 5.32 Å². The smallest absolute Gasteiger partial charge is 0.0302 e. The molecular weight excluding hydrogens is 214 g/mol. The lowest BCUT2D eigenvalue weighted by atomic mass is 9.83. The minimum Gasteiger partial charge on any atom is -0.309 e. The van der Waals surface area contributed by atoms with E-state index >= 15 is 0 Å². The summed E-state index contributed by atoms with van der Waals surface area (Å²) in [5.41, 5.74) is 0. The van der Waals surface area contributed by atoms with E-state index in [9.17, 15) is 0 Å². The molecule has 0 amide bonds. The molecule has 2 aliphatic rings. The molecule has 0 saturated heterocycles. The van der Waals surface area contributed by atoms with E-state index in [1.165, 1.54) is 43.4 Å². The lowest BCUT2D eigenvalue weighted by Crippen LogP contribution is -2.34. The standard InChI is InChI=1S/C14H21NS/c1-3-12(11-6-7-11)9-13(4-1)15-10-14-5-2-8-16-14/h2,5,8,11-13,15H,1,3-4,6-7,9-10H2. The van der Waals surface area contributed by atoms with Gasteiger partial charge in [-0.2, -0.15) is 0 Å². The summed E-state index contributed by atoms with van der Waals surface area (Å²) in [4.78, 5) is 1.48. The van der Waals surface area contributed by atoms with Crippen molar-refractivity contribution in [2.75, 3.05) is 0 Å². The zero-order valence-corrected chi connectivity index (χ0v) is 10.6. The fourth-order valence-electron chi connectivity index (χ4n) is 3.07. The van der Waals surface area contributed by atoms with Crippen LogP contribution in [0.4, 0.5) is 0 Å². The summed E-state index contributed by atoms with van der Waals surface area (Å²) in [5.74, 6) is 2.15. The fourth-order valence-corrected chi connectivity index (χ4v) is 3.72. The molecule has 2 atom stereocenters. The molecule has 2 fully saturated rings. The average molecular weight is 235 g/mol. The Balaban J connectivity index is 1.47. The average Bonchev–Trinajstić information content (AvgIpc) is 3.05. The Kier molecular flexibility index (Phi) is 3.30. The van der Waals surface area contributed by atoms with Gasteiger partial charge in [0.05, 0.1) is 0 Å². The molecule has 16 heavy (non-hydrogen) atoms. The van der Waals surface area contributed by atoms with Crippen LogP contribution in [0.3, 0.4) is 0 Å². The van der Waals surface area contributed by atoms with Crippen LogP contribution >= 0.6 is 11.3 Å². The molecule has 0 bridgehead atoms. The Morgan fingerprint density at radius 2 is 2.12 bits per heavy atom. The molecule has 2 saturated carbocycles. The number of hydrogen-bond acceptors (Lipinski definition) is 2. The van der Waals surface area contributed by atoms with Crippen molar-refractivity contribution in [2.45, 2.75) is 51.1 Å². The lowest BCUT2D eigenvalue weighted by molar-refractivity contribution is 0.260. The van der Waals surface area contributed by atoms with E-state index in [2.05, 4.69) is 22.8 Å². The van der Waals surface area contributed by atoms with Gasteiger partial charge in [0, 0.05) is 17.5 Å². The molecule has 0 spiro atoms. The summed E-state index contributed by atoms with van der Waals surface area (Å²) in [6, 6.07) is 5.18. The number of rotatable bonds is 4. The molecule has 0 radical (unpaired) electrons. The third-order valence-electron chi connectivity index (χ3n) is 4.15. The van der Waals surface area contributed by atoms with Gasteiger partial charge in [0.2, 0.25) is 0 Å². The highest BCUT2D eigenvalue weighted by atomic mass is 32.1. The second-order valence-corrected chi connectivity index (χ2v) is 6.45. The van der Waals surface area contributed by atoms with Crippen LogP contribution in [0.2, 0.25) is 0 Å². The molecule has 1 aromatic rings. The van der Waals surface area contributed by atoms with E-state index < -0.39 is 0 Å². The van der Waals surface area contributed by atoms with Crippen LogP contribution in [-0.4, -0.2) is 6.04 Å². The van der Waals surface area contributed by atoms with Gasteiger partial charge in [-0.05, 0) is 49.0 Å². The van der Waals surface area contributed by atoms with Crippen LogP contribution in [0.5, 0.6) is 0 Å². The van der Waals surface area contributed by atoms with Crippen LogP contribution < -0.4 is 5.32 Å². The maximum Gasteiger partial charge on any atom is 0.0302 e. The molecule has 1 aromatic heterocycles. The number of hydrogen-bond donors (Lipinski definition) is 1. The molecule has 2 heteroatoms. The molecule has 0 aliphatic heterocycles. The first-order valence-electron chi connectivity index (χ1n) is 6.67. The van der Waals surface area contributed by atoms with Gasteiger partial charge in [0.1, 0.15) is 0 Å². The van der Waals surface area contributed by atoms with E-state index in [1.807, 2.05) is 11.3 Å². The predicted molar refractivity (Wildman–Crippen MR) is 69.6 cm³/mol. The second kappa shape index (κ2) is 4.89. The summed E-state index contributed by atoms with van der Waals surface area (Å²) < 4.78 is 0. The van der Waals surface area contributed by atoms with E-state index in [0.717, 1.165) is 24.4 Å². The van der Waals surface area contributed by atoms with E-state index in [1.54, 1.807) is 0 Å². The number of nitrogens with one attached hydrogen (secondary N) is 1. The van der Waals surface area contributed by atoms with Gasteiger partial charge in [-0.3, -0.25) is 0 Å². The Morgan fingerprint density at radius 1 is 1.19 bits per heavy atom. The van der Waals surface area contributed by atoms with Crippen LogP contribution in [0.15, 0.2) is 17.5 Å². The number of thiophene rings is 1. The van der Waals surface area contributed by atoms with Crippen molar-refractivity contribution in [3.63, 3.8) is 0 Å². The zero-order valence-electron chi connectivity index (χ0n) is 9.82. The van der Waals surface area contributed by atoms with E-state index in [4.69, 9.17) is 0 Å². The molecule has 1 N–H and O–H groups in total. The zero-order chi connectivity index (χ0) is 10.8. The predicted octanol–water partition coefficient (Wildman–Crippen LogP) is 3.81. The highest BCUT2D eigenvalue weighted by Crippen LogP contribution is 2.43. The molecule has 2 unspecified atom stereocenters. The second-order valence-electron chi connectivity index (χ2n) is 5.42. The van der Waals surface area contributed by atoms with Gasteiger partial charge in [0.15, 0.2) is 0 Å². The summed E-state index contributed by atoms with van der Waals surface area (Å²) in [7, 11) is 0. The van der Waals surface area contributed by atoms with Gasteiger partial charge >= 0.3 is 0 Å². The summed E-state index contributed by atoms with van der Waals surface area (Å²) in [6.07, 6.45) is 8.82. The van der Waals surface area contributed by atoms with Crippen molar-refractivity contribution in [3.8, 4) is 0 Å². The first-order chi connectivity index (χ1) is 7.92. The Morgan fingerprint density at radius 3 is 2.88 bits per heavy atom. The molecular formula is C14H21NS. The van der Waals surface area contributed by atoms with Crippen LogP contribution in [0, 0.1) is 11.8 Å². The third kappa shape index (κ3) is 2.67. The Bertz CT molecular complexity index is 315. The third-order valence-corrected chi connectivity index (χ3v) is 5.02. The fraction of sp³-hybridized carbons (Fsp3) is 0.714. The summed E-state index contributed by atoms with van der Waals surface area (Å²) >= 11 is 1.87. The van der Waals surface area contributed by atoms with Crippen molar-refractivity contribution in [3.05, 3.63) is 22.4 Å². The van der Waals surface area contributed by atoms with Gasteiger partial charge < -0.3 is 5.32 Å². The van der Waals surface area contributed by atoms with Crippen molar-refractivity contribution in [2.24, 2.45) is 11.8 Å². The van der Waals surface area contributed by atoms with Gasteiger partial charge in [-0.25, -0.2) is 0 Å². The first kappa shape index (κ1) is 10.8. The highest BCUT2D eigenvalue weighted by molar-refractivity contribution is 7.09. The maximum absolute atomic E-state index is 3.75. The molecule has 0 aromatic carbocycles. The molecule has 88 valence electrons. The van der Waals surface area contributed by atoms with Crippen LogP contribution in [0.25, 0.3) is 0 Å². The van der Waals surface area contributed by atoms with Gasteiger partial charge in [0.25, 0.3) is 0 Å². The SMILES string of the molecule is c1csc(CNC2CCCC(C3CC3)C2)c1. The Hall–Kier alpha value is -0.340. The highest BCUT2D eigenvalue weighted by Gasteiger charge is 2.34. The molecule has 3 rings (SSSR count). The topological polar surface area (TPSA) is 12.0 Å². The van der Waals surface area contributed by atoms with Crippen LogP contribution in [0.1, 0.15) is 43.4 Å². The maximum atomic E-state index is 3.75. The molecule has 1 nitrogen and oxygen atoms in total. The molecule has 2 aliphatic carbocycles. The van der Waals surface area contributed by atoms with Crippen LogP contribution in [-0.2, 0) is 6.54 Å². The Labute approximate surface area is 102 Å². The molecule has 1 heterocycles. The van der Waals surface area contributed by atoms with Gasteiger partial charge in [-0.15, -0.1) is 11.3 Å². The normalized spacial score (nSPS) is 30.5. The van der Waals surface area contributed by atoms with Gasteiger partial charge in [-0.1, -0.05) is 18.9 Å². The summed E-state index contributed by atoms with van der Waals surface area (Å²) in [6.45, 7) is 1.08.